The highest BCUT2D eigenvalue weighted by molar-refractivity contribution is 7.89. The van der Waals surface area contributed by atoms with Crippen LogP contribution in [-0.2, 0) is 10.0 Å². The van der Waals surface area contributed by atoms with Crippen molar-refractivity contribution in [3.8, 4) is 16.3 Å². The molecule has 10 heteroatoms. The number of sulfonamides is 1. The molecule has 1 unspecified atom stereocenters. The SMILES string of the molecule is COc1ccc(-c2nnc(C3CCCN(S(=O)(=O)c4c(C)n[nH]c4C)C3)s2)cc1. The molecule has 0 radical (unpaired) electrons. The van der Waals surface area contributed by atoms with Crippen molar-refractivity contribution in [3.63, 3.8) is 0 Å². The van der Waals surface area contributed by atoms with Crippen LogP contribution in [0.5, 0.6) is 5.75 Å². The van der Waals surface area contributed by atoms with Gasteiger partial charge in [0.15, 0.2) is 0 Å². The Hall–Kier alpha value is -2.30. The molecule has 8 nitrogen and oxygen atoms in total. The molecule has 154 valence electrons. The number of aryl methyl sites for hydroxylation is 2. The first-order chi connectivity index (χ1) is 13.9. The number of hydrogen-bond acceptors (Lipinski definition) is 7. The minimum Gasteiger partial charge on any atom is -0.497 e. The van der Waals surface area contributed by atoms with Gasteiger partial charge in [0.05, 0.1) is 18.5 Å². The molecule has 0 saturated carbocycles. The zero-order valence-electron chi connectivity index (χ0n) is 16.5. The zero-order valence-corrected chi connectivity index (χ0v) is 18.2. The Balaban J connectivity index is 1.55. The van der Waals surface area contributed by atoms with Crippen molar-refractivity contribution in [2.45, 2.75) is 37.5 Å². The number of hydrogen-bond donors (Lipinski definition) is 1. The maximum absolute atomic E-state index is 13.2. The highest BCUT2D eigenvalue weighted by Crippen LogP contribution is 2.35. The molecule has 0 spiro atoms. The van der Waals surface area contributed by atoms with E-state index in [1.54, 1.807) is 25.3 Å². The van der Waals surface area contributed by atoms with Crippen molar-refractivity contribution in [1.82, 2.24) is 24.7 Å². The fraction of sp³-hybridized carbons (Fsp3) is 0.421. The lowest BCUT2D eigenvalue weighted by Crippen LogP contribution is -2.39. The number of aromatic amines is 1. The first-order valence-electron chi connectivity index (χ1n) is 9.39. The maximum Gasteiger partial charge on any atom is 0.246 e. The van der Waals surface area contributed by atoms with Crippen molar-refractivity contribution >= 4 is 21.4 Å². The van der Waals surface area contributed by atoms with Crippen LogP contribution in [0.2, 0.25) is 0 Å². The Morgan fingerprint density at radius 1 is 1.21 bits per heavy atom. The van der Waals surface area contributed by atoms with Crippen molar-refractivity contribution in [1.29, 1.82) is 0 Å². The van der Waals surface area contributed by atoms with Crippen molar-refractivity contribution in [2.75, 3.05) is 20.2 Å². The van der Waals surface area contributed by atoms with E-state index in [1.165, 1.54) is 11.3 Å². The van der Waals surface area contributed by atoms with Crippen LogP contribution in [0.1, 0.15) is 35.2 Å². The van der Waals surface area contributed by atoms with Gasteiger partial charge in [-0.15, -0.1) is 10.2 Å². The normalized spacial score (nSPS) is 18.1. The van der Waals surface area contributed by atoms with Gasteiger partial charge < -0.3 is 4.74 Å². The number of aromatic nitrogens is 4. The quantitative estimate of drug-likeness (QED) is 0.663. The van der Waals surface area contributed by atoms with E-state index in [2.05, 4.69) is 20.4 Å². The summed E-state index contributed by atoms with van der Waals surface area (Å²) in [5, 5.41) is 17.2. The van der Waals surface area contributed by atoms with E-state index < -0.39 is 10.0 Å². The molecule has 29 heavy (non-hydrogen) atoms. The Labute approximate surface area is 174 Å². The van der Waals surface area contributed by atoms with Gasteiger partial charge in [0.25, 0.3) is 0 Å². The van der Waals surface area contributed by atoms with E-state index in [0.717, 1.165) is 34.2 Å². The van der Waals surface area contributed by atoms with Crippen molar-refractivity contribution < 1.29 is 13.2 Å². The van der Waals surface area contributed by atoms with Gasteiger partial charge in [-0.25, -0.2) is 8.42 Å². The third-order valence-electron chi connectivity index (χ3n) is 5.17. The molecule has 3 heterocycles. The van der Waals surface area contributed by atoms with Crippen LogP contribution < -0.4 is 4.74 Å². The average Bonchev–Trinajstić information content (AvgIpc) is 3.35. The Bertz CT molecular complexity index is 1090. The van der Waals surface area contributed by atoms with Crippen molar-refractivity contribution in [2.24, 2.45) is 0 Å². The minimum atomic E-state index is -3.59. The molecule has 0 bridgehead atoms. The summed E-state index contributed by atoms with van der Waals surface area (Å²) in [5.41, 5.74) is 2.05. The molecule has 1 saturated heterocycles. The zero-order chi connectivity index (χ0) is 20.6. The molecule has 2 aromatic heterocycles. The van der Waals surface area contributed by atoms with Gasteiger partial charge >= 0.3 is 0 Å². The van der Waals surface area contributed by atoms with Crippen LogP contribution in [0.25, 0.3) is 10.6 Å². The summed E-state index contributed by atoms with van der Waals surface area (Å²) in [5.74, 6) is 0.826. The molecule has 4 rings (SSSR count). The van der Waals surface area contributed by atoms with Crippen LogP contribution >= 0.6 is 11.3 Å². The van der Waals surface area contributed by atoms with Crippen LogP contribution in [0, 0.1) is 13.8 Å². The van der Waals surface area contributed by atoms with Gasteiger partial charge in [-0.3, -0.25) is 5.10 Å². The van der Waals surface area contributed by atoms with E-state index in [1.807, 2.05) is 24.3 Å². The monoisotopic (exact) mass is 433 g/mol. The Morgan fingerprint density at radius 2 is 1.97 bits per heavy atom. The number of methoxy groups -OCH3 is 1. The lowest BCUT2D eigenvalue weighted by Gasteiger charge is -2.30. The standard InChI is InChI=1S/C19H23N5O3S2/c1-12-17(13(2)21-20-12)29(25,26)24-10-4-5-15(11-24)19-23-22-18(28-19)14-6-8-16(27-3)9-7-14/h6-9,15H,4-5,10-11H2,1-3H3,(H,20,21). The second kappa shape index (κ2) is 7.85. The van der Waals surface area contributed by atoms with Crippen molar-refractivity contribution in [3.05, 3.63) is 40.7 Å². The molecular weight excluding hydrogens is 410 g/mol. The molecule has 1 fully saturated rings. The topological polar surface area (TPSA) is 101 Å². The molecule has 1 aliphatic heterocycles. The third-order valence-corrected chi connectivity index (χ3v) is 8.43. The summed E-state index contributed by atoms with van der Waals surface area (Å²) >= 11 is 1.52. The van der Waals surface area contributed by atoms with Crippen LogP contribution in [0.4, 0.5) is 0 Å². The summed E-state index contributed by atoms with van der Waals surface area (Å²) in [7, 11) is -1.96. The van der Waals surface area contributed by atoms with E-state index in [9.17, 15) is 8.42 Å². The molecule has 0 aliphatic carbocycles. The second-order valence-electron chi connectivity index (χ2n) is 7.14. The Morgan fingerprint density at radius 3 is 2.62 bits per heavy atom. The maximum atomic E-state index is 13.2. The number of benzene rings is 1. The number of nitrogens with one attached hydrogen (secondary N) is 1. The van der Waals surface area contributed by atoms with Gasteiger partial charge in [0.2, 0.25) is 10.0 Å². The molecule has 3 aromatic rings. The molecule has 1 aliphatic rings. The van der Waals surface area contributed by atoms with Gasteiger partial charge in [-0.2, -0.15) is 9.40 Å². The number of ether oxygens (including phenoxy) is 1. The summed E-state index contributed by atoms with van der Waals surface area (Å²) in [6, 6.07) is 7.68. The molecule has 0 amide bonds. The van der Waals surface area contributed by atoms with E-state index in [0.29, 0.717) is 24.5 Å². The molecule has 1 atom stereocenters. The number of H-pyrrole nitrogens is 1. The predicted octanol–water partition coefficient (Wildman–Crippen LogP) is 3.12. The van der Waals surface area contributed by atoms with Crippen LogP contribution in [0.15, 0.2) is 29.2 Å². The van der Waals surface area contributed by atoms with E-state index in [-0.39, 0.29) is 10.8 Å². The smallest absolute Gasteiger partial charge is 0.246 e. The first kappa shape index (κ1) is 20.0. The molecular formula is C19H23N5O3S2. The van der Waals surface area contributed by atoms with Crippen LogP contribution in [0.3, 0.4) is 0 Å². The average molecular weight is 434 g/mol. The summed E-state index contributed by atoms with van der Waals surface area (Å²) in [6.07, 6.45) is 1.68. The largest absolute Gasteiger partial charge is 0.497 e. The first-order valence-corrected chi connectivity index (χ1v) is 11.7. The summed E-state index contributed by atoms with van der Waals surface area (Å²) in [6.45, 7) is 4.36. The minimum absolute atomic E-state index is 0.0375. The predicted molar refractivity (Wildman–Crippen MR) is 111 cm³/mol. The highest BCUT2D eigenvalue weighted by Gasteiger charge is 2.35. The van der Waals surface area contributed by atoms with E-state index >= 15 is 0 Å². The van der Waals surface area contributed by atoms with Gasteiger partial charge in [-0.1, -0.05) is 11.3 Å². The van der Waals surface area contributed by atoms with E-state index in [4.69, 9.17) is 4.74 Å². The Kier molecular flexibility index (Phi) is 5.41. The second-order valence-corrected chi connectivity index (χ2v) is 10.0. The molecule has 1 N–H and O–H groups in total. The fourth-order valence-corrected chi connectivity index (χ4v) is 6.49. The van der Waals surface area contributed by atoms with Gasteiger partial charge in [0, 0.05) is 24.6 Å². The summed E-state index contributed by atoms with van der Waals surface area (Å²) in [4.78, 5) is 0.286. The number of nitrogens with zero attached hydrogens (tertiary/aromatic N) is 4. The van der Waals surface area contributed by atoms with Gasteiger partial charge in [-0.05, 0) is 51.0 Å². The van der Waals surface area contributed by atoms with Gasteiger partial charge in [0.1, 0.15) is 20.7 Å². The third kappa shape index (κ3) is 3.79. The van der Waals surface area contributed by atoms with Crippen LogP contribution in [-0.4, -0.2) is 53.3 Å². The fourth-order valence-electron chi connectivity index (χ4n) is 3.66. The number of rotatable bonds is 5. The lowest BCUT2D eigenvalue weighted by molar-refractivity contribution is 0.314. The number of piperidine rings is 1. The highest BCUT2D eigenvalue weighted by atomic mass is 32.2. The molecule has 1 aromatic carbocycles. The lowest BCUT2D eigenvalue weighted by atomic mass is 10.0. The summed E-state index contributed by atoms with van der Waals surface area (Å²) < 4.78 is 33.1.